The second-order valence-corrected chi connectivity index (χ2v) is 11.4. The van der Waals surface area contributed by atoms with Gasteiger partial charge in [0.25, 0.3) is 0 Å². The fourth-order valence-corrected chi connectivity index (χ4v) is 6.15. The predicted molar refractivity (Wildman–Crippen MR) is 135 cm³/mol. The summed E-state index contributed by atoms with van der Waals surface area (Å²) >= 11 is 0. The van der Waals surface area contributed by atoms with Crippen LogP contribution in [0.25, 0.3) is 0 Å². The molecule has 1 saturated carbocycles. The van der Waals surface area contributed by atoms with E-state index in [1.807, 2.05) is 18.2 Å². The maximum absolute atomic E-state index is 12.6. The van der Waals surface area contributed by atoms with E-state index in [1.165, 1.54) is 43.2 Å². The smallest absolute Gasteiger partial charge is 0.240 e. The predicted octanol–water partition coefficient (Wildman–Crippen LogP) is 4.18. The molecule has 0 bridgehead atoms. The maximum atomic E-state index is 12.6. The molecule has 0 aromatic heterocycles. The Hall–Kier alpha value is -2.22. The van der Waals surface area contributed by atoms with Crippen LogP contribution < -0.4 is 10.0 Å². The number of sulfonamides is 1. The molecule has 2 aromatic carbocycles. The van der Waals surface area contributed by atoms with Crippen molar-refractivity contribution in [1.29, 1.82) is 0 Å². The number of carbonyl (C=O) groups is 1. The Morgan fingerprint density at radius 1 is 0.882 bits per heavy atom. The highest BCUT2D eigenvalue weighted by Gasteiger charge is 2.22. The molecule has 2 N–H and O–H groups in total. The fourth-order valence-electron chi connectivity index (χ4n) is 5.11. The van der Waals surface area contributed by atoms with Crippen molar-refractivity contribution in [2.75, 3.05) is 19.6 Å². The highest BCUT2D eigenvalue weighted by Crippen LogP contribution is 2.32. The Balaban J connectivity index is 1.16. The Labute approximate surface area is 204 Å². The number of nitrogens with one attached hydrogen (secondary N) is 2. The maximum Gasteiger partial charge on any atom is 0.240 e. The van der Waals surface area contributed by atoms with Crippen LogP contribution in [0.15, 0.2) is 59.5 Å². The van der Waals surface area contributed by atoms with Gasteiger partial charge >= 0.3 is 0 Å². The number of likely N-dealkylation sites (tertiary alicyclic amines) is 1. The van der Waals surface area contributed by atoms with Gasteiger partial charge in [-0.3, -0.25) is 9.69 Å². The number of rotatable bonds is 9. The summed E-state index contributed by atoms with van der Waals surface area (Å²) in [5, 5.41) is 3.07. The normalized spacial score (nSPS) is 18.6. The first kappa shape index (κ1) is 24.9. The Morgan fingerprint density at radius 3 is 2.24 bits per heavy atom. The van der Waals surface area contributed by atoms with Crippen molar-refractivity contribution >= 4 is 15.9 Å². The van der Waals surface area contributed by atoms with Crippen LogP contribution in [0.2, 0.25) is 0 Å². The van der Waals surface area contributed by atoms with Crippen LogP contribution in [-0.4, -0.2) is 44.9 Å². The highest BCUT2D eigenvalue weighted by atomic mass is 32.2. The summed E-state index contributed by atoms with van der Waals surface area (Å²) in [7, 11) is -3.61. The summed E-state index contributed by atoms with van der Waals surface area (Å²) in [6, 6.07) is 17.8. The second kappa shape index (κ2) is 12.0. The topological polar surface area (TPSA) is 78.5 Å². The van der Waals surface area contributed by atoms with Gasteiger partial charge in [0.1, 0.15) is 0 Å². The number of nitrogens with zero attached hydrogens (tertiary/aromatic N) is 1. The fraction of sp³-hybridized carbons (Fsp3) is 0.519. The van der Waals surface area contributed by atoms with E-state index in [9.17, 15) is 13.2 Å². The number of piperidine rings is 1. The average molecular weight is 484 g/mol. The molecular weight excluding hydrogens is 446 g/mol. The van der Waals surface area contributed by atoms with E-state index >= 15 is 0 Å². The van der Waals surface area contributed by atoms with E-state index in [1.54, 1.807) is 12.1 Å². The lowest BCUT2D eigenvalue weighted by atomic mass is 9.84. The molecule has 2 aromatic rings. The molecule has 2 aliphatic rings. The SMILES string of the molecule is O=C(CCNS(=O)(=O)c1ccc(C2CCCCC2)cc1)NC1CCN(Cc2ccccc2)CC1. The molecule has 4 rings (SSSR count). The van der Waals surface area contributed by atoms with Crippen molar-refractivity contribution in [3.8, 4) is 0 Å². The molecule has 0 radical (unpaired) electrons. The van der Waals surface area contributed by atoms with Crippen LogP contribution in [0.3, 0.4) is 0 Å². The van der Waals surface area contributed by atoms with E-state index in [0.29, 0.717) is 5.92 Å². The molecule has 2 fully saturated rings. The van der Waals surface area contributed by atoms with E-state index < -0.39 is 10.0 Å². The molecule has 1 amide bonds. The van der Waals surface area contributed by atoms with Crippen molar-refractivity contribution in [2.45, 2.75) is 74.8 Å². The molecule has 1 heterocycles. The number of hydrogen-bond acceptors (Lipinski definition) is 4. The van der Waals surface area contributed by atoms with Crippen LogP contribution >= 0.6 is 0 Å². The minimum atomic E-state index is -3.61. The Bertz CT molecular complexity index is 1010. The van der Waals surface area contributed by atoms with Gasteiger partial charge in [0, 0.05) is 38.6 Å². The van der Waals surface area contributed by atoms with Crippen molar-refractivity contribution < 1.29 is 13.2 Å². The van der Waals surface area contributed by atoms with Crippen molar-refractivity contribution in [2.24, 2.45) is 0 Å². The van der Waals surface area contributed by atoms with Gasteiger partial charge in [0.05, 0.1) is 4.90 Å². The van der Waals surface area contributed by atoms with E-state index in [0.717, 1.165) is 32.5 Å². The molecule has 1 aliphatic carbocycles. The van der Waals surface area contributed by atoms with E-state index in [4.69, 9.17) is 0 Å². The number of hydrogen-bond donors (Lipinski definition) is 2. The summed E-state index contributed by atoms with van der Waals surface area (Å²) in [5.74, 6) is 0.448. The summed E-state index contributed by atoms with van der Waals surface area (Å²) in [5.41, 5.74) is 2.54. The molecule has 34 heavy (non-hydrogen) atoms. The van der Waals surface area contributed by atoms with Gasteiger partial charge in [0.15, 0.2) is 0 Å². The molecule has 0 unspecified atom stereocenters. The summed E-state index contributed by atoms with van der Waals surface area (Å²) in [6.07, 6.45) is 8.14. The van der Waals surface area contributed by atoms with Gasteiger partial charge in [-0.1, -0.05) is 61.7 Å². The quantitative estimate of drug-likeness (QED) is 0.561. The first-order valence-electron chi connectivity index (χ1n) is 12.6. The molecule has 6 nitrogen and oxygen atoms in total. The summed E-state index contributed by atoms with van der Waals surface area (Å²) in [4.78, 5) is 15.0. The van der Waals surface area contributed by atoms with Gasteiger partial charge < -0.3 is 5.32 Å². The second-order valence-electron chi connectivity index (χ2n) is 9.66. The van der Waals surface area contributed by atoms with Gasteiger partial charge in [-0.15, -0.1) is 0 Å². The first-order valence-corrected chi connectivity index (χ1v) is 14.1. The van der Waals surface area contributed by atoms with Crippen molar-refractivity contribution in [3.05, 3.63) is 65.7 Å². The van der Waals surface area contributed by atoms with Crippen LogP contribution in [-0.2, 0) is 21.4 Å². The lowest BCUT2D eigenvalue weighted by molar-refractivity contribution is -0.121. The third-order valence-electron chi connectivity index (χ3n) is 7.11. The van der Waals surface area contributed by atoms with Crippen LogP contribution in [0.4, 0.5) is 0 Å². The molecule has 0 atom stereocenters. The zero-order valence-electron chi connectivity index (χ0n) is 19.9. The van der Waals surface area contributed by atoms with Gasteiger partial charge in [0.2, 0.25) is 15.9 Å². The lowest BCUT2D eigenvalue weighted by Crippen LogP contribution is -2.45. The highest BCUT2D eigenvalue weighted by molar-refractivity contribution is 7.89. The average Bonchev–Trinajstić information content (AvgIpc) is 2.86. The molecule has 0 spiro atoms. The van der Waals surface area contributed by atoms with Crippen LogP contribution in [0.1, 0.15) is 68.4 Å². The zero-order valence-corrected chi connectivity index (χ0v) is 20.7. The standard InChI is InChI=1S/C27H37N3O3S/c31-27(29-25-16-19-30(20-17-25)21-22-7-3-1-4-8-22)15-18-28-34(32,33)26-13-11-24(12-14-26)23-9-5-2-6-10-23/h1,3-4,7-8,11-14,23,25,28H,2,5-6,9-10,15-21H2,(H,29,31). The monoisotopic (exact) mass is 483 g/mol. The lowest BCUT2D eigenvalue weighted by Gasteiger charge is -2.32. The molecule has 7 heteroatoms. The third-order valence-corrected chi connectivity index (χ3v) is 8.59. The number of carbonyl (C=O) groups excluding carboxylic acids is 1. The number of benzene rings is 2. The van der Waals surface area contributed by atoms with E-state index in [2.05, 4.69) is 39.2 Å². The molecular formula is C27H37N3O3S. The largest absolute Gasteiger partial charge is 0.353 e. The van der Waals surface area contributed by atoms with Gasteiger partial charge in [-0.25, -0.2) is 13.1 Å². The minimum Gasteiger partial charge on any atom is -0.353 e. The Kier molecular flexibility index (Phi) is 8.75. The van der Waals surface area contributed by atoms with Gasteiger partial charge in [-0.2, -0.15) is 0 Å². The molecule has 184 valence electrons. The Morgan fingerprint density at radius 2 is 1.56 bits per heavy atom. The molecule has 1 aliphatic heterocycles. The first-order chi connectivity index (χ1) is 16.5. The third kappa shape index (κ3) is 7.14. The van der Waals surface area contributed by atoms with E-state index in [-0.39, 0.29) is 29.8 Å². The van der Waals surface area contributed by atoms with Crippen LogP contribution in [0.5, 0.6) is 0 Å². The van der Waals surface area contributed by atoms with Crippen molar-refractivity contribution in [1.82, 2.24) is 14.9 Å². The summed E-state index contributed by atoms with van der Waals surface area (Å²) < 4.78 is 27.8. The summed E-state index contributed by atoms with van der Waals surface area (Å²) in [6.45, 7) is 2.93. The molecule has 1 saturated heterocycles. The van der Waals surface area contributed by atoms with Crippen molar-refractivity contribution in [3.63, 3.8) is 0 Å². The zero-order chi connectivity index (χ0) is 23.8. The minimum absolute atomic E-state index is 0.100. The van der Waals surface area contributed by atoms with Crippen LogP contribution in [0, 0.1) is 0 Å². The van der Waals surface area contributed by atoms with Gasteiger partial charge in [-0.05, 0) is 54.9 Å². The number of amides is 1.